The minimum absolute atomic E-state index is 0.0646. The summed E-state index contributed by atoms with van der Waals surface area (Å²) in [4.78, 5) is 12.2. The number of hydrogen-bond acceptors (Lipinski definition) is 5. The number of carbonyl (C=O) groups excluding carboxylic acids is 1. The van der Waals surface area contributed by atoms with E-state index in [-0.39, 0.29) is 28.7 Å². The summed E-state index contributed by atoms with van der Waals surface area (Å²) < 4.78 is 18.5. The minimum Gasteiger partial charge on any atom is -0.508 e. The first-order valence-electron chi connectivity index (χ1n) is 8.08. The normalized spacial score (nSPS) is 10.5. The predicted octanol–water partition coefficient (Wildman–Crippen LogP) is 4.32. The lowest BCUT2D eigenvalue weighted by atomic mass is 10.1. The number of benzene rings is 3. The molecule has 0 bridgehead atoms. The van der Waals surface area contributed by atoms with Crippen molar-refractivity contribution in [3.05, 3.63) is 76.6 Å². The molecule has 0 aliphatic rings. The Hall–Kier alpha value is -3.45. The van der Waals surface area contributed by atoms with Gasteiger partial charge in [0, 0.05) is 18.7 Å². The van der Waals surface area contributed by atoms with Crippen LogP contribution in [0, 0.1) is 5.82 Å². The molecule has 4 N–H and O–H groups in total. The van der Waals surface area contributed by atoms with Crippen molar-refractivity contribution in [3.8, 4) is 28.7 Å². The molecule has 0 saturated carbocycles. The van der Waals surface area contributed by atoms with E-state index >= 15 is 0 Å². The summed E-state index contributed by atoms with van der Waals surface area (Å²) in [6, 6.07) is 12.2. The maximum atomic E-state index is 12.9. The van der Waals surface area contributed by atoms with Crippen molar-refractivity contribution in [2.45, 2.75) is 6.54 Å². The van der Waals surface area contributed by atoms with Crippen LogP contribution >= 0.6 is 11.6 Å². The first-order chi connectivity index (χ1) is 13.3. The van der Waals surface area contributed by atoms with E-state index in [1.165, 1.54) is 24.3 Å². The van der Waals surface area contributed by atoms with E-state index in [9.17, 15) is 24.5 Å². The molecule has 0 aromatic heterocycles. The summed E-state index contributed by atoms with van der Waals surface area (Å²) >= 11 is 6.19. The van der Waals surface area contributed by atoms with Gasteiger partial charge in [-0.3, -0.25) is 4.79 Å². The number of ether oxygens (including phenoxy) is 1. The van der Waals surface area contributed by atoms with Crippen molar-refractivity contribution in [2.24, 2.45) is 0 Å². The standard InChI is InChI=1S/C20H15ClFNO5/c21-15-7-11(1-6-18(15)28-14-4-2-12(22)3-5-14)10-23-20(27)19-16(25)8-13(24)9-17(19)26/h1-9,24-26H,10H2,(H,23,27). The number of aromatic hydroxyl groups is 3. The maximum Gasteiger partial charge on any atom is 0.259 e. The van der Waals surface area contributed by atoms with Crippen LogP contribution in [0.3, 0.4) is 0 Å². The first-order valence-corrected chi connectivity index (χ1v) is 8.46. The Balaban J connectivity index is 1.68. The molecule has 8 heteroatoms. The zero-order valence-corrected chi connectivity index (χ0v) is 15.1. The first kappa shape index (κ1) is 19.3. The average Bonchev–Trinajstić information content (AvgIpc) is 2.63. The quantitative estimate of drug-likeness (QED) is 0.508. The molecule has 0 aliphatic carbocycles. The van der Waals surface area contributed by atoms with Crippen molar-refractivity contribution in [1.29, 1.82) is 0 Å². The molecule has 144 valence electrons. The molecule has 0 unspecified atom stereocenters. The van der Waals surface area contributed by atoms with E-state index in [2.05, 4.69) is 5.32 Å². The maximum absolute atomic E-state index is 12.9. The van der Waals surface area contributed by atoms with Gasteiger partial charge < -0.3 is 25.4 Å². The second-order valence-corrected chi connectivity index (χ2v) is 6.27. The van der Waals surface area contributed by atoms with Crippen LogP contribution in [-0.4, -0.2) is 21.2 Å². The molecular formula is C20H15ClFNO5. The average molecular weight is 404 g/mol. The highest BCUT2D eigenvalue weighted by atomic mass is 35.5. The Labute approximate surface area is 164 Å². The highest BCUT2D eigenvalue weighted by Gasteiger charge is 2.17. The Morgan fingerprint density at radius 1 is 1.00 bits per heavy atom. The number of amides is 1. The molecule has 3 aromatic carbocycles. The van der Waals surface area contributed by atoms with Crippen LogP contribution in [-0.2, 0) is 6.54 Å². The van der Waals surface area contributed by atoms with E-state index in [0.717, 1.165) is 12.1 Å². The summed E-state index contributed by atoms with van der Waals surface area (Å²) in [5, 5.41) is 31.6. The molecule has 0 heterocycles. The summed E-state index contributed by atoms with van der Waals surface area (Å²) in [6.45, 7) is 0.0646. The molecular weight excluding hydrogens is 389 g/mol. The van der Waals surface area contributed by atoms with Gasteiger partial charge in [0.15, 0.2) is 0 Å². The van der Waals surface area contributed by atoms with Gasteiger partial charge in [0.2, 0.25) is 0 Å². The molecule has 1 amide bonds. The fraction of sp³-hybridized carbons (Fsp3) is 0.0500. The van der Waals surface area contributed by atoms with Crippen molar-refractivity contribution >= 4 is 17.5 Å². The molecule has 28 heavy (non-hydrogen) atoms. The highest BCUT2D eigenvalue weighted by molar-refractivity contribution is 6.32. The third kappa shape index (κ3) is 4.44. The minimum atomic E-state index is -0.724. The molecule has 3 rings (SSSR count). The SMILES string of the molecule is O=C(NCc1ccc(Oc2ccc(F)cc2)c(Cl)c1)c1c(O)cc(O)cc1O. The van der Waals surface area contributed by atoms with Crippen LogP contribution in [0.4, 0.5) is 4.39 Å². The second-order valence-electron chi connectivity index (χ2n) is 5.86. The van der Waals surface area contributed by atoms with Crippen LogP contribution < -0.4 is 10.1 Å². The van der Waals surface area contributed by atoms with Gasteiger partial charge in [-0.1, -0.05) is 17.7 Å². The third-order valence-electron chi connectivity index (χ3n) is 3.80. The van der Waals surface area contributed by atoms with Crippen molar-refractivity contribution in [1.82, 2.24) is 5.32 Å². The van der Waals surface area contributed by atoms with Gasteiger partial charge in [-0.2, -0.15) is 0 Å². The molecule has 0 radical (unpaired) electrons. The van der Waals surface area contributed by atoms with Crippen molar-refractivity contribution in [2.75, 3.05) is 0 Å². The highest BCUT2D eigenvalue weighted by Crippen LogP contribution is 2.32. The number of phenols is 3. The van der Waals surface area contributed by atoms with Crippen LogP contribution in [0.1, 0.15) is 15.9 Å². The molecule has 6 nitrogen and oxygen atoms in total. The predicted molar refractivity (Wildman–Crippen MR) is 101 cm³/mol. The molecule has 0 atom stereocenters. The van der Waals surface area contributed by atoms with Crippen molar-refractivity contribution < 1.29 is 29.2 Å². The number of rotatable bonds is 5. The van der Waals surface area contributed by atoms with Gasteiger partial charge >= 0.3 is 0 Å². The molecule has 0 saturated heterocycles. The zero-order chi connectivity index (χ0) is 20.3. The monoisotopic (exact) mass is 403 g/mol. The summed E-state index contributed by atoms with van der Waals surface area (Å²) in [5.41, 5.74) is 0.294. The van der Waals surface area contributed by atoms with E-state index in [1.807, 2.05) is 0 Å². The van der Waals surface area contributed by atoms with E-state index < -0.39 is 17.4 Å². The second kappa shape index (κ2) is 8.06. The van der Waals surface area contributed by atoms with Gasteiger partial charge in [0.25, 0.3) is 5.91 Å². The van der Waals surface area contributed by atoms with Crippen molar-refractivity contribution in [3.63, 3.8) is 0 Å². The number of nitrogens with one attached hydrogen (secondary N) is 1. The third-order valence-corrected chi connectivity index (χ3v) is 4.09. The lowest BCUT2D eigenvalue weighted by Crippen LogP contribution is -2.23. The molecule has 0 aliphatic heterocycles. The molecule has 3 aromatic rings. The lowest BCUT2D eigenvalue weighted by Gasteiger charge is -2.11. The molecule has 0 spiro atoms. The van der Waals surface area contributed by atoms with Gasteiger partial charge in [0.05, 0.1) is 5.02 Å². The Kier molecular flexibility index (Phi) is 5.56. The van der Waals surface area contributed by atoms with Crippen LogP contribution in [0.2, 0.25) is 5.02 Å². The van der Waals surface area contributed by atoms with Crippen LogP contribution in [0.15, 0.2) is 54.6 Å². The molecule has 0 fully saturated rings. The number of carbonyl (C=O) groups is 1. The summed E-state index contributed by atoms with van der Waals surface area (Å²) in [7, 11) is 0. The zero-order valence-electron chi connectivity index (χ0n) is 14.3. The van der Waals surface area contributed by atoms with Crippen LogP contribution in [0.5, 0.6) is 28.7 Å². The van der Waals surface area contributed by atoms with E-state index in [1.54, 1.807) is 18.2 Å². The summed E-state index contributed by atoms with van der Waals surface area (Å²) in [5.74, 6) is -1.78. The van der Waals surface area contributed by atoms with E-state index in [0.29, 0.717) is 17.1 Å². The van der Waals surface area contributed by atoms with Gasteiger partial charge in [0.1, 0.15) is 40.1 Å². The number of phenolic OH excluding ortho intramolecular Hbond substituents is 3. The largest absolute Gasteiger partial charge is 0.508 e. The fourth-order valence-electron chi connectivity index (χ4n) is 2.47. The summed E-state index contributed by atoms with van der Waals surface area (Å²) in [6.07, 6.45) is 0. The van der Waals surface area contributed by atoms with Gasteiger partial charge in [-0.05, 0) is 42.0 Å². The lowest BCUT2D eigenvalue weighted by molar-refractivity contribution is 0.0945. The van der Waals surface area contributed by atoms with Crippen LogP contribution in [0.25, 0.3) is 0 Å². The Bertz CT molecular complexity index is 1000. The van der Waals surface area contributed by atoms with Gasteiger partial charge in [-0.25, -0.2) is 4.39 Å². The van der Waals surface area contributed by atoms with Gasteiger partial charge in [-0.15, -0.1) is 0 Å². The smallest absolute Gasteiger partial charge is 0.259 e. The topological polar surface area (TPSA) is 99.0 Å². The fourth-order valence-corrected chi connectivity index (χ4v) is 2.71. The Morgan fingerprint density at radius 3 is 2.25 bits per heavy atom. The Morgan fingerprint density at radius 2 is 1.64 bits per heavy atom. The number of halogens is 2. The van der Waals surface area contributed by atoms with E-state index in [4.69, 9.17) is 16.3 Å². The number of hydrogen-bond donors (Lipinski definition) is 4.